The molecule has 0 saturated heterocycles. The van der Waals surface area contributed by atoms with Gasteiger partial charge in [-0.1, -0.05) is 0 Å². The first-order chi connectivity index (χ1) is 6.40. The Hall–Kier alpha value is -1.59. The molecular formula is C8H7F3O3. The SMILES string of the molecule is COc1cc(O)cc(OC(F)(F)F)c1. The third kappa shape index (κ3) is 3.04. The molecule has 3 nitrogen and oxygen atoms in total. The molecule has 0 bridgehead atoms. The molecule has 0 aromatic heterocycles. The summed E-state index contributed by atoms with van der Waals surface area (Å²) in [5, 5.41) is 8.99. The highest BCUT2D eigenvalue weighted by Gasteiger charge is 2.31. The molecule has 0 aliphatic rings. The predicted octanol–water partition coefficient (Wildman–Crippen LogP) is 2.30. The summed E-state index contributed by atoms with van der Waals surface area (Å²) in [6, 6.07) is 3.03. The molecule has 14 heavy (non-hydrogen) atoms. The van der Waals surface area contributed by atoms with E-state index in [0.717, 1.165) is 12.1 Å². The average Bonchev–Trinajstić information content (AvgIpc) is 1.99. The average molecular weight is 208 g/mol. The van der Waals surface area contributed by atoms with Gasteiger partial charge in [0.15, 0.2) is 0 Å². The number of benzene rings is 1. The Kier molecular flexibility index (Phi) is 2.73. The molecule has 0 unspecified atom stereocenters. The fraction of sp³-hybridized carbons (Fsp3) is 0.250. The molecule has 0 aliphatic heterocycles. The van der Waals surface area contributed by atoms with Gasteiger partial charge in [-0.25, -0.2) is 0 Å². The molecule has 1 rings (SSSR count). The van der Waals surface area contributed by atoms with Crippen molar-refractivity contribution in [3.05, 3.63) is 18.2 Å². The summed E-state index contributed by atoms with van der Waals surface area (Å²) in [7, 11) is 1.27. The summed E-state index contributed by atoms with van der Waals surface area (Å²) in [5.41, 5.74) is 0. The first-order valence-corrected chi connectivity index (χ1v) is 3.54. The maximum Gasteiger partial charge on any atom is 0.573 e. The van der Waals surface area contributed by atoms with E-state index in [4.69, 9.17) is 5.11 Å². The summed E-state index contributed by atoms with van der Waals surface area (Å²) < 4.78 is 43.5. The Morgan fingerprint density at radius 3 is 2.21 bits per heavy atom. The molecule has 0 saturated carbocycles. The molecule has 0 amide bonds. The van der Waals surface area contributed by atoms with Crippen LogP contribution < -0.4 is 9.47 Å². The summed E-state index contributed by atoms with van der Waals surface area (Å²) in [6.07, 6.45) is -4.78. The van der Waals surface area contributed by atoms with Crippen LogP contribution in [0.1, 0.15) is 0 Å². The van der Waals surface area contributed by atoms with Crippen LogP contribution in [0.5, 0.6) is 17.2 Å². The lowest BCUT2D eigenvalue weighted by Crippen LogP contribution is -2.17. The zero-order valence-electron chi connectivity index (χ0n) is 7.13. The van der Waals surface area contributed by atoms with Gasteiger partial charge >= 0.3 is 6.36 Å². The van der Waals surface area contributed by atoms with Crippen molar-refractivity contribution in [1.29, 1.82) is 0 Å². The van der Waals surface area contributed by atoms with Gasteiger partial charge in [-0.05, 0) is 0 Å². The number of phenolic OH excluding ortho intramolecular Hbond substituents is 1. The van der Waals surface area contributed by atoms with Crippen LogP contribution in [0.25, 0.3) is 0 Å². The second kappa shape index (κ2) is 3.65. The van der Waals surface area contributed by atoms with Gasteiger partial charge in [0.05, 0.1) is 7.11 Å². The Labute approximate surface area is 77.7 Å². The van der Waals surface area contributed by atoms with E-state index in [1.807, 2.05) is 0 Å². The number of ether oxygens (including phenoxy) is 2. The first-order valence-electron chi connectivity index (χ1n) is 3.54. The van der Waals surface area contributed by atoms with Crippen molar-refractivity contribution >= 4 is 0 Å². The van der Waals surface area contributed by atoms with Crippen molar-refractivity contribution in [3.8, 4) is 17.2 Å². The van der Waals surface area contributed by atoms with Crippen LogP contribution in [-0.4, -0.2) is 18.6 Å². The monoisotopic (exact) mass is 208 g/mol. The van der Waals surface area contributed by atoms with E-state index >= 15 is 0 Å². The number of phenols is 1. The van der Waals surface area contributed by atoms with Crippen molar-refractivity contribution in [2.24, 2.45) is 0 Å². The highest BCUT2D eigenvalue weighted by atomic mass is 19.4. The van der Waals surface area contributed by atoms with E-state index in [1.165, 1.54) is 13.2 Å². The van der Waals surface area contributed by atoms with E-state index in [1.54, 1.807) is 0 Å². The van der Waals surface area contributed by atoms with Crippen LogP contribution in [0, 0.1) is 0 Å². The van der Waals surface area contributed by atoms with E-state index in [0.29, 0.717) is 0 Å². The fourth-order valence-corrected chi connectivity index (χ4v) is 0.867. The summed E-state index contributed by atoms with van der Waals surface area (Å²) in [6.45, 7) is 0. The molecule has 0 spiro atoms. The number of hydrogen-bond acceptors (Lipinski definition) is 3. The summed E-state index contributed by atoms with van der Waals surface area (Å²) >= 11 is 0. The normalized spacial score (nSPS) is 11.1. The van der Waals surface area contributed by atoms with E-state index in [9.17, 15) is 13.2 Å². The van der Waals surface area contributed by atoms with E-state index < -0.39 is 12.1 Å². The minimum absolute atomic E-state index is 0.0873. The Morgan fingerprint density at radius 2 is 1.71 bits per heavy atom. The topological polar surface area (TPSA) is 38.7 Å². The third-order valence-corrected chi connectivity index (χ3v) is 1.33. The lowest BCUT2D eigenvalue weighted by Gasteiger charge is -2.10. The van der Waals surface area contributed by atoms with Crippen LogP contribution in [0.15, 0.2) is 18.2 Å². The van der Waals surface area contributed by atoms with E-state index in [2.05, 4.69) is 9.47 Å². The smallest absolute Gasteiger partial charge is 0.508 e. The van der Waals surface area contributed by atoms with Gasteiger partial charge in [-0.3, -0.25) is 0 Å². The highest BCUT2D eigenvalue weighted by Crippen LogP contribution is 2.30. The largest absolute Gasteiger partial charge is 0.573 e. The van der Waals surface area contributed by atoms with Crippen molar-refractivity contribution in [2.45, 2.75) is 6.36 Å². The van der Waals surface area contributed by atoms with Crippen LogP contribution in [0.3, 0.4) is 0 Å². The predicted molar refractivity (Wildman–Crippen MR) is 41.3 cm³/mol. The minimum Gasteiger partial charge on any atom is -0.508 e. The van der Waals surface area contributed by atoms with Crippen LogP contribution in [-0.2, 0) is 0 Å². The Balaban J connectivity index is 2.92. The number of alkyl halides is 3. The Bertz CT molecular complexity index is 322. The summed E-state index contributed by atoms with van der Waals surface area (Å²) in [5.74, 6) is -0.790. The summed E-state index contributed by atoms with van der Waals surface area (Å²) in [4.78, 5) is 0. The second-order valence-electron chi connectivity index (χ2n) is 2.41. The van der Waals surface area contributed by atoms with Crippen molar-refractivity contribution in [1.82, 2.24) is 0 Å². The first kappa shape index (κ1) is 10.5. The van der Waals surface area contributed by atoms with Crippen molar-refractivity contribution in [2.75, 3.05) is 7.11 Å². The zero-order valence-corrected chi connectivity index (χ0v) is 7.13. The lowest BCUT2D eigenvalue weighted by molar-refractivity contribution is -0.274. The molecular weight excluding hydrogens is 201 g/mol. The van der Waals surface area contributed by atoms with Gasteiger partial charge in [-0.2, -0.15) is 0 Å². The molecule has 0 fully saturated rings. The molecule has 1 N–H and O–H groups in total. The minimum atomic E-state index is -4.78. The third-order valence-electron chi connectivity index (χ3n) is 1.33. The van der Waals surface area contributed by atoms with E-state index in [-0.39, 0.29) is 11.5 Å². The van der Waals surface area contributed by atoms with Gasteiger partial charge < -0.3 is 14.6 Å². The maximum absolute atomic E-state index is 11.8. The molecule has 0 heterocycles. The number of aromatic hydroxyl groups is 1. The van der Waals surface area contributed by atoms with Crippen molar-refractivity contribution in [3.63, 3.8) is 0 Å². The highest BCUT2D eigenvalue weighted by molar-refractivity contribution is 5.41. The standard InChI is InChI=1S/C8H7F3O3/c1-13-6-2-5(12)3-7(4-6)14-8(9,10)11/h2-4,12H,1H3. The van der Waals surface area contributed by atoms with Gasteiger partial charge in [0.25, 0.3) is 0 Å². The van der Waals surface area contributed by atoms with Crippen LogP contribution in [0.4, 0.5) is 13.2 Å². The van der Waals surface area contributed by atoms with Crippen LogP contribution >= 0.6 is 0 Å². The lowest BCUT2D eigenvalue weighted by atomic mass is 10.3. The molecule has 6 heteroatoms. The van der Waals surface area contributed by atoms with Gasteiger partial charge in [-0.15, -0.1) is 13.2 Å². The number of halogens is 3. The molecule has 1 aromatic rings. The van der Waals surface area contributed by atoms with Crippen molar-refractivity contribution < 1.29 is 27.8 Å². The van der Waals surface area contributed by atoms with Gasteiger partial charge in [0.2, 0.25) is 0 Å². The number of hydrogen-bond donors (Lipinski definition) is 1. The fourth-order valence-electron chi connectivity index (χ4n) is 0.867. The maximum atomic E-state index is 11.8. The van der Waals surface area contributed by atoms with Gasteiger partial charge in [0.1, 0.15) is 17.2 Å². The second-order valence-corrected chi connectivity index (χ2v) is 2.41. The van der Waals surface area contributed by atoms with Crippen LogP contribution in [0.2, 0.25) is 0 Å². The molecule has 1 aromatic carbocycles. The molecule has 0 radical (unpaired) electrons. The molecule has 0 aliphatic carbocycles. The molecule has 0 atom stereocenters. The molecule has 78 valence electrons. The van der Waals surface area contributed by atoms with Gasteiger partial charge in [0, 0.05) is 18.2 Å². The number of methoxy groups -OCH3 is 1. The number of rotatable bonds is 2. The zero-order chi connectivity index (χ0) is 10.8. The quantitative estimate of drug-likeness (QED) is 0.810. The Morgan fingerprint density at radius 1 is 1.14 bits per heavy atom.